The van der Waals surface area contributed by atoms with Gasteiger partial charge in [-0.2, -0.15) is 5.10 Å². The minimum Gasteiger partial charge on any atom is -0.270 e. The summed E-state index contributed by atoms with van der Waals surface area (Å²) in [6, 6.07) is 2.47. The first-order chi connectivity index (χ1) is 4.72. The van der Waals surface area contributed by atoms with Crippen molar-refractivity contribution in [1.29, 1.82) is 0 Å². The van der Waals surface area contributed by atoms with Crippen molar-refractivity contribution in [2.24, 2.45) is 5.92 Å². The predicted molar refractivity (Wildman–Crippen MR) is 41.8 cm³/mol. The van der Waals surface area contributed by atoms with E-state index in [0.717, 1.165) is 0 Å². The molecule has 2 heteroatoms. The molecule has 1 aromatic rings. The first-order valence-corrected chi connectivity index (χ1v) is 3.71. The molecule has 0 amide bonds. The summed E-state index contributed by atoms with van der Waals surface area (Å²) in [5.74, 6) is 0.653. The Kier molecular flexibility index (Phi) is 2.10. The quantitative estimate of drug-likeness (QED) is 0.612. The van der Waals surface area contributed by atoms with Crippen molar-refractivity contribution in [3.05, 3.63) is 18.5 Å². The van der Waals surface area contributed by atoms with Gasteiger partial charge in [-0.05, 0) is 18.9 Å². The molecule has 0 aliphatic heterocycles. The summed E-state index contributed by atoms with van der Waals surface area (Å²) in [5.41, 5.74) is 0. The van der Waals surface area contributed by atoms with Gasteiger partial charge in [0.2, 0.25) is 0 Å². The maximum absolute atomic E-state index is 4.15. The Labute approximate surface area is 61.9 Å². The zero-order chi connectivity index (χ0) is 7.56. The van der Waals surface area contributed by atoms with Crippen molar-refractivity contribution in [2.45, 2.75) is 26.8 Å². The second-order valence-electron chi connectivity index (χ2n) is 2.97. The highest BCUT2D eigenvalue weighted by molar-refractivity contribution is 4.81. The summed E-state index contributed by atoms with van der Waals surface area (Å²) in [4.78, 5) is 0. The van der Waals surface area contributed by atoms with Crippen molar-refractivity contribution >= 4 is 0 Å². The van der Waals surface area contributed by atoms with Crippen molar-refractivity contribution in [3.8, 4) is 0 Å². The van der Waals surface area contributed by atoms with Gasteiger partial charge in [-0.15, -0.1) is 0 Å². The molecule has 0 aromatic carbocycles. The zero-order valence-electron chi connectivity index (χ0n) is 6.78. The van der Waals surface area contributed by atoms with E-state index >= 15 is 0 Å². The molecule has 0 saturated carbocycles. The van der Waals surface area contributed by atoms with Crippen LogP contribution in [0.1, 0.15) is 26.8 Å². The Morgan fingerprint density at radius 1 is 1.30 bits per heavy atom. The van der Waals surface area contributed by atoms with Crippen LogP contribution in [-0.2, 0) is 0 Å². The Morgan fingerprint density at radius 2 is 2.00 bits per heavy atom. The molecule has 0 aliphatic rings. The Morgan fingerprint density at radius 3 is 2.40 bits per heavy atom. The van der Waals surface area contributed by atoms with Crippen molar-refractivity contribution in [3.63, 3.8) is 0 Å². The van der Waals surface area contributed by atoms with Gasteiger partial charge in [-0.1, -0.05) is 13.8 Å². The van der Waals surface area contributed by atoms with E-state index in [-0.39, 0.29) is 0 Å². The number of hydrogen-bond donors (Lipinski definition) is 0. The van der Waals surface area contributed by atoms with Gasteiger partial charge in [-0.25, -0.2) is 0 Å². The summed E-state index contributed by atoms with van der Waals surface area (Å²) in [6.07, 6.45) is 3.82. The van der Waals surface area contributed by atoms with Crippen LogP contribution in [-0.4, -0.2) is 9.78 Å². The second kappa shape index (κ2) is 2.86. The first-order valence-electron chi connectivity index (χ1n) is 3.71. The van der Waals surface area contributed by atoms with Gasteiger partial charge in [0.15, 0.2) is 0 Å². The zero-order valence-corrected chi connectivity index (χ0v) is 6.78. The molecule has 0 bridgehead atoms. The molecular formula is C8H14N2. The van der Waals surface area contributed by atoms with E-state index in [2.05, 4.69) is 25.9 Å². The van der Waals surface area contributed by atoms with E-state index in [9.17, 15) is 0 Å². The van der Waals surface area contributed by atoms with E-state index < -0.39 is 0 Å². The van der Waals surface area contributed by atoms with Crippen LogP contribution >= 0.6 is 0 Å². The smallest absolute Gasteiger partial charge is 0.0513 e. The standard InChI is InChI=1S/C8H14N2/c1-7(2)8(3)10-6-4-5-9-10/h4-8H,1-3H3/t8-/m0/s1. The van der Waals surface area contributed by atoms with Crippen LogP contribution in [0, 0.1) is 5.92 Å². The molecule has 0 unspecified atom stereocenters. The molecule has 2 nitrogen and oxygen atoms in total. The molecule has 10 heavy (non-hydrogen) atoms. The van der Waals surface area contributed by atoms with Gasteiger partial charge in [-0.3, -0.25) is 4.68 Å². The van der Waals surface area contributed by atoms with Gasteiger partial charge in [0.05, 0.1) is 6.04 Å². The Balaban J connectivity index is 2.68. The van der Waals surface area contributed by atoms with Gasteiger partial charge in [0.25, 0.3) is 0 Å². The van der Waals surface area contributed by atoms with Crippen molar-refractivity contribution in [2.75, 3.05) is 0 Å². The van der Waals surface area contributed by atoms with Gasteiger partial charge < -0.3 is 0 Å². The minimum atomic E-state index is 0.509. The van der Waals surface area contributed by atoms with Crippen LogP contribution in [0.4, 0.5) is 0 Å². The third kappa shape index (κ3) is 1.38. The molecule has 1 heterocycles. The molecule has 0 radical (unpaired) electrons. The van der Waals surface area contributed by atoms with Crippen molar-refractivity contribution in [1.82, 2.24) is 9.78 Å². The van der Waals surface area contributed by atoms with E-state index in [0.29, 0.717) is 12.0 Å². The highest BCUT2D eigenvalue weighted by Crippen LogP contribution is 2.13. The maximum atomic E-state index is 4.15. The van der Waals surface area contributed by atoms with E-state index in [1.54, 1.807) is 0 Å². The molecule has 0 aliphatic carbocycles. The van der Waals surface area contributed by atoms with E-state index in [4.69, 9.17) is 0 Å². The van der Waals surface area contributed by atoms with Crippen LogP contribution in [0.5, 0.6) is 0 Å². The summed E-state index contributed by atoms with van der Waals surface area (Å²) in [5, 5.41) is 4.15. The topological polar surface area (TPSA) is 17.8 Å². The molecular weight excluding hydrogens is 124 g/mol. The lowest BCUT2D eigenvalue weighted by Crippen LogP contribution is -2.11. The maximum Gasteiger partial charge on any atom is 0.0513 e. The number of aromatic nitrogens is 2. The van der Waals surface area contributed by atoms with E-state index in [1.807, 2.05) is 23.1 Å². The molecule has 0 N–H and O–H groups in total. The lowest BCUT2D eigenvalue weighted by atomic mass is 10.1. The molecule has 0 saturated heterocycles. The number of hydrogen-bond acceptors (Lipinski definition) is 1. The molecule has 0 spiro atoms. The lowest BCUT2D eigenvalue weighted by Gasteiger charge is -2.15. The molecule has 56 valence electrons. The predicted octanol–water partition coefficient (Wildman–Crippen LogP) is 2.10. The Hall–Kier alpha value is -0.790. The van der Waals surface area contributed by atoms with Crippen LogP contribution in [0.3, 0.4) is 0 Å². The van der Waals surface area contributed by atoms with Crippen LogP contribution in [0.15, 0.2) is 18.5 Å². The van der Waals surface area contributed by atoms with Crippen LogP contribution in [0.2, 0.25) is 0 Å². The molecule has 1 rings (SSSR count). The number of rotatable bonds is 2. The fourth-order valence-corrected chi connectivity index (χ4v) is 0.827. The highest BCUT2D eigenvalue weighted by Gasteiger charge is 2.07. The fourth-order valence-electron chi connectivity index (χ4n) is 0.827. The highest BCUT2D eigenvalue weighted by atomic mass is 15.3. The SMILES string of the molecule is CC(C)[C@H](C)n1cccn1. The Bertz CT molecular complexity index is 177. The lowest BCUT2D eigenvalue weighted by molar-refractivity contribution is 0.375. The molecule has 1 atom stereocenters. The average Bonchev–Trinajstić information content (AvgIpc) is 2.36. The first kappa shape index (κ1) is 7.32. The average molecular weight is 138 g/mol. The fraction of sp³-hybridized carbons (Fsp3) is 0.625. The van der Waals surface area contributed by atoms with Gasteiger partial charge >= 0.3 is 0 Å². The summed E-state index contributed by atoms with van der Waals surface area (Å²) in [6.45, 7) is 6.58. The molecule has 1 aromatic heterocycles. The monoisotopic (exact) mass is 138 g/mol. The second-order valence-corrected chi connectivity index (χ2v) is 2.97. The van der Waals surface area contributed by atoms with Crippen molar-refractivity contribution < 1.29 is 0 Å². The van der Waals surface area contributed by atoms with Gasteiger partial charge in [0.1, 0.15) is 0 Å². The minimum absolute atomic E-state index is 0.509. The van der Waals surface area contributed by atoms with Crippen LogP contribution in [0.25, 0.3) is 0 Å². The normalized spacial score (nSPS) is 14.0. The summed E-state index contributed by atoms with van der Waals surface area (Å²) >= 11 is 0. The largest absolute Gasteiger partial charge is 0.270 e. The summed E-state index contributed by atoms with van der Waals surface area (Å²) < 4.78 is 1.99. The van der Waals surface area contributed by atoms with E-state index in [1.165, 1.54) is 0 Å². The summed E-state index contributed by atoms with van der Waals surface area (Å²) in [7, 11) is 0. The number of nitrogens with zero attached hydrogens (tertiary/aromatic N) is 2. The molecule has 0 fully saturated rings. The van der Waals surface area contributed by atoms with Crippen LogP contribution < -0.4 is 0 Å². The van der Waals surface area contributed by atoms with Gasteiger partial charge in [0, 0.05) is 12.4 Å². The third-order valence-corrected chi connectivity index (χ3v) is 1.91. The third-order valence-electron chi connectivity index (χ3n) is 1.91.